The molecule has 1 unspecified atom stereocenters. The van der Waals surface area contributed by atoms with Crippen LogP contribution in [0.15, 0.2) is 145 Å². The second-order valence-corrected chi connectivity index (χ2v) is 11.8. The zero-order valence-corrected chi connectivity index (χ0v) is 28.1. The molecule has 3 heterocycles. The van der Waals surface area contributed by atoms with Crippen molar-refractivity contribution in [2.24, 2.45) is 5.92 Å². The predicted octanol–water partition coefficient (Wildman–Crippen LogP) is 7.24. The van der Waals surface area contributed by atoms with Gasteiger partial charge in [-0.15, -0.1) is 0 Å². The van der Waals surface area contributed by atoms with E-state index in [1.165, 1.54) is 0 Å². The third-order valence-corrected chi connectivity index (χ3v) is 8.59. The van der Waals surface area contributed by atoms with Gasteiger partial charge in [0, 0.05) is 60.0 Å². The number of carbonyl (C=O) groups excluding carboxylic acids is 2. The van der Waals surface area contributed by atoms with Gasteiger partial charge in [-0.3, -0.25) is 4.98 Å². The van der Waals surface area contributed by atoms with E-state index in [1.807, 2.05) is 90.5 Å². The Morgan fingerprint density at radius 3 is 2.16 bits per heavy atom. The highest BCUT2D eigenvalue weighted by atomic mass is 16.5. The van der Waals surface area contributed by atoms with Crippen LogP contribution in [0.5, 0.6) is 0 Å². The van der Waals surface area contributed by atoms with Gasteiger partial charge >= 0.3 is 11.9 Å². The molecule has 8 heteroatoms. The lowest BCUT2D eigenvalue weighted by Crippen LogP contribution is -2.35. The molecule has 0 amide bonds. The van der Waals surface area contributed by atoms with Crippen LogP contribution in [0.3, 0.4) is 0 Å². The Morgan fingerprint density at radius 2 is 1.54 bits per heavy atom. The molecule has 3 aromatic carbocycles. The highest BCUT2D eigenvalue weighted by Crippen LogP contribution is 2.43. The zero-order chi connectivity index (χ0) is 34.7. The molecule has 1 N–H and O–H groups in total. The number of nitrogens with one attached hydrogen (secondary N) is 1. The lowest BCUT2D eigenvalue weighted by molar-refractivity contribution is -0.140. The summed E-state index contributed by atoms with van der Waals surface area (Å²) in [6.45, 7) is 3.91. The summed E-state index contributed by atoms with van der Waals surface area (Å²) < 4.78 is 13.5. The fraction of sp³-hybridized carbons (Fsp3) is 0.190. The first kappa shape index (κ1) is 33.7. The fourth-order valence-corrected chi connectivity index (χ4v) is 6.27. The standard InChI is InChI=1S/C42H38N4O4/c1-3-49-42(48)39-37(27-36(32-15-6-4-7-16-32)33-17-8-5-9-18-33)38(41(47)50-26-11-10-13-31-14-12-23-43-28-31)30(2)45-40(39)34-19-21-35(22-20-34)46-25-24-44-29-46/h4-9,12,14-25,28-29,36-37,45H,3,11,26-27H2,1-2H3. The predicted molar refractivity (Wildman–Crippen MR) is 192 cm³/mol. The van der Waals surface area contributed by atoms with Gasteiger partial charge in [-0.05, 0) is 61.2 Å². The number of pyridine rings is 1. The summed E-state index contributed by atoms with van der Waals surface area (Å²) in [6.07, 6.45) is 9.47. The molecule has 0 saturated heterocycles. The summed E-state index contributed by atoms with van der Waals surface area (Å²) in [6, 6.07) is 31.9. The molecule has 1 aliphatic rings. The summed E-state index contributed by atoms with van der Waals surface area (Å²) in [5.41, 5.74) is 6.63. The minimum atomic E-state index is -0.655. The van der Waals surface area contributed by atoms with Gasteiger partial charge in [0.05, 0.1) is 29.8 Å². The summed E-state index contributed by atoms with van der Waals surface area (Å²) in [5, 5.41) is 3.42. The number of aromatic nitrogens is 3. The average Bonchev–Trinajstić information content (AvgIpc) is 3.70. The van der Waals surface area contributed by atoms with Crippen molar-refractivity contribution in [3.05, 3.63) is 167 Å². The number of hydrogen-bond donors (Lipinski definition) is 1. The van der Waals surface area contributed by atoms with Gasteiger partial charge in [-0.25, -0.2) is 14.6 Å². The number of nitrogens with zero attached hydrogens (tertiary/aromatic N) is 3. The summed E-state index contributed by atoms with van der Waals surface area (Å²) in [5.74, 6) is 4.32. The number of rotatable bonds is 11. The third kappa shape index (κ3) is 7.91. The second-order valence-electron chi connectivity index (χ2n) is 11.8. The number of hydrogen-bond acceptors (Lipinski definition) is 7. The molecule has 0 bridgehead atoms. The van der Waals surface area contributed by atoms with Gasteiger partial charge in [-0.1, -0.05) is 84.6 Å². The number of imidazole rings is 1. The highest BCUT2D eigenvalue weighted by Gasteiger charge is 2.40. The zero-order valence-electron chi connectivity index (χ0n) is 28.1. The lowest BCUT2D eigenvalue weighted by atomic mass is 9.75. The Labute approximate surface area is 292 Å². The van der Waals surface area contributed by atoms with Crippen LogP contribution >= 0.6 is 0 Å². The topological polar surface area (TPSA) is 95.3 Å². The van der Waals surface area contributed by atoms with Gasteiger partial charge in [0.2, 0.25) is 0 Å². The Hall–Kier alpha value is -6.20. The molecule has 0 saturated carbocycles. The molecule has 50 heavy (non-hydrogen) atoms. The SMILES string of the molecule is CCOC(=O)C1=C(c2ccc(-n3ccnc3)cc2)NC(C)=C(C(=O)OCCC#Cc2cccnc2)C1CC(c1ccccc1)c1ccccc1. The second kappa shape index (κ2) is 16.3. The molecule has 0 spiro atoms. The van der Waals surface area contributed by atoms with E-state index in [1.54, 1.807) is 31.8 Å². The van der Waals surface area contributed by atoms with Crippen LogP contribution in [-0.4, -0.2) is 39.7 Å². The molecule has 0 aliphatic carbocycles. The monoisotopic (exact) mass is 662 g/mol. The smallest absolute Gasteiger partial charge is 0.336 e. The number of dihydropyridines is 1. The molecule has 5 aromatic rings. The quantitative estimate of drug-likeness (QED) is 0.0905. The maximum absolute atomic E-state index is 14.1. The molecule has 0 radical (unpaired) electrons. The normalized spacial score (nSPS) is 14.1. The fourth-order valence-electron chi connectivity index (χ4n) is 6.27. The van der Waals surface area contributed by atoms with E-state index < -0.39 is 17.9 Å². The van der Waals surface area contributed by atoms with Gasteiger partial charge in [0.1, 0.15) is 6.61 Å². The third-order valence-electron chi connectivity index (χ3n) is 8.59. The van der Waals surface area contributed by atoms with Crippen molar-refractivity contribution in [2.45, 2.75) is 32.6 Å². The number of carbonyl (C=O) groups is 2. The van der Waals surface area contributed by atoms with E-state index in [4.69, 9.17) is 9.47 Å². The maximum Gasteiger partial charge on any atom is 0.336 e. The lowest BCUT2D eigenvalue weighted by Gasteiger charge is -2.34. The van der Waals surface area contributed by atoms with Crippen LogP contribution in [0, 0.1) is 17.8 Å². The van der Waals surface area contributed by atoms with Crippen LogP contribution in [0.2, 0.25) is 0 Å². The number of esters is 2. The molecule has 0 fully saturated rings. The van der Waals surface area contributed by atoms with Crippen molar-refractivity contribution in [2.75, 3.05) is 13.2 Å². The van der Waals surface area contributed by atoms with Crippen molar-refractivity contribution < 1.29 is 19.1 Å². The Kier molecular flexibility index (Phi) is 11.0. The molecule has 8 nitrogen and oxygen atoms in total. The number of ether oxygens (including phenoxy) is 2. The van der Waals surface area contributed by atoms with E-state index in [0.717, 1.165) is 27.9 Å². The maximum atomic E-state index is 14.1. The highest BCUT2D eigenvalue weighted by molar-refractivity contribution is 6.03. The number of benzene rings is 3. The molecule has 2 aromatic heterocycles. The first-order chi connectivity index (χ1) is 24.5. The van der Waals surface area contributed by atoms with Crippen molar-refractivity contribution in [1.82, 2.24) is 19.9 Å². The first-order valence-electron chi connectivity index (χ1n) is 16.7. The molecule has 1 aliphatic heterocycles. The van der Waals surface area contributed by atoms with Crippen LogP contribution in [0.25, 0.3) is 11.4 Å². The molecular weight excluding hydrogens is 624 g/mol. The largest absolute Gasteiger partial charge is 0.463 e. The van der Waals surface area contributed by atoms with Gasteiger partial charge in [0.25, 0.3) is 0 Å². The van der Waals surface area contributed by atoms with Crippen molar-refractivity contribution in [3.8, 4) is 17.5 Å². The minimum absolute atomic E-state index is 0.0947. The van der Waals surface area contributed by atoms with Crippen molar-refractivity contribution in [3.63, 3.8) is 0 Å². The van der Waals surface area contributed by atoms with Crippen LogP contribution < -0.4 is 5.32 Å². The van der Waals surface area contributed by atoms with E-state index >= 15 is 0 Å². The van der Waals surface area contributed by atoms with E-state index in [9.17, 15) is 9.59 Å². The summed E-state index contributed by atoms with van der Waals surface area (Å²) in [7, 11) is 0. The molecular formula is C42H38N4O4. The minimum Gasteiger partial charge on any atom is -0.463 e. The van der Waals surface area contributed by atoms with E-state index in [2.05, 4.69) is 51.4 Å². The van der Waals surface area contributed by atoms with Gasteiger partial charge < -0.3 is 19.4 Å². The van der Waals surface area contributed by atoms with Gasteiger partial charge in [0.15, 0.2) is 0 Å². The molecule has 6 rings (SSSR count). The van der Waals surface area contributed by atoms with E-state index in [-0.39, 0.29) is 19.1 Å². The van der Waals surface area contributed by atoms with Gasteiger partial charge in [-0.2, -0.15) is 0 Å². The summed E-state index contributed by atoms with van der Waals surface area (Å²) >= 11 is 0. The summed E-state index contributed by atoms with van der Waals surface area (Å²) in [4.78, 5) is 36.4. The van der Waals surface area contributed by atoms with Crippen LogP contribution in [0.4, 0.5) is 0 Å². The van der Waals surface area contributed by atoms with E-state index in [0.29, 0.717) is 35.4 Å². The van der Waals surface area contributed by atoms with Crippen LogP contribution in [-0.2, 0) is 19.1 Å². The first-order valence-corrected chi connectivity index (χ1v) is 16.7. The molecule has 1 atom stereocenters. The Balaban J connectivity index is 1.40. The molecule has 250 valence electrons. The Bertz CT molecular complexity index is 1990. The van der Waals surface area contributed by atoms with Crippen molar-refractivity contribution >= 4 is 17.6 Å². The Morgan fingerprint density at radius 1 is 0.840 bits per heavy atom. The van der Waals surface area contributed by atoms with Crippen LogP contribution in [0.1, 0.15) is 54.9 Å². The average molecular weight is 663 g/mol. The number of allylic oxidation sites excluding steroid dienone is 1. The van der Waals surface area contributed by atoms with Crippen molar-refractivity contribution in [1.29, 1.82) is 0 Å².